The molecule has 3 nitrogen and oxygen atoms in total. The molecule has 0 aromatic carbocycles. The van der Waals surface area contributed by atoms with Gasteiger partial charge in [0.25, 0.3) is 0 Å². The molecule has 3 atom stereocenters. The van der Waals surface area contributed by atoms with Gasteiger partial charge in [0.05, 0.1) is 6.04 Å². The highest BCUT2D eigenvalue weighted by atomic mass is 16.1. The van der Waals surface area contributed by atoms with E-state index in [2.05, 4.69) is 5.32 Å². The summed E-state index contributed by atoms with van der Waals surface area (Å²) in [7, 11) is 0. The molecular formula is C6H10N2O. The zero-order chi connectivity index (χ0) is 6.43. The van der Waals surface area contributed by atoms with Crippen molar-refractivity contribution >= 4 is 5.91 Å². The van der Waals surface area contributed by atoms with Gasteiger partial charge in [-0.15, -0.1) is 0 Å². The molecule has 2 fully saturated rings. The first-order valence-electron chi connectivity index (χ1n) is 3.32. The zero-order valence-corrected chi connectivity index (χ0v) is 5.13. The molecule has 0 radical (unpaired) electrons. The van der Waals surface area contributed by atoms with E-state index < -0.39 is 0 Å². The Morgan fingerprint density at radius 1 is 1.67 bits per heavy atom. The summed E-state index contributed by atoms with van der Waals surface area (Å²) in [6.45, 7) is 0.998. The number of piperidine rings is 1. The highest BCUT2D eigenvalue weighted by Crippen LogP contribution is 2.44. The van der Waals surface area contributed by atoms with Gasteiger partial charge in [-0.1, -0.05) is 0 Å². The van der Waals surface area contributed by atoms with E-state index in [-0.39, 0.29) is 11.9 Å². The summed E-state index contributed by atoms with van der Waals surface area (Å²) in [6, 6.07) is -0.00463. The molecule has 1 saturated carbocycles. The Labute approximate surface area is 53.6 Å². The van der Waals surface area contributed by atoms with E-state index in [9.17, 15) is 4.79 Å². The molecule has 0 spiro atoms. The molecule has 0 aromatic heterocycles. The van der Waals surface area contributed by atoms with Crippen molar-refractivity contribution in [1.29, 1.82) is 0 Å². The first-order valence-corrected chi connectivity index (χ1v) is 3.32. The van der Waals surface area contributed by atoms with E-state index in [4.69, 9.17) is 5.73 Å². The molecule has 3 heteroatoms. The molecule has 1 saturated heterocycles. The number of hydrogen-bond donors (Lipinski definition) is 2. The van der Waals surface area contributed by atoms with Crippen molar-refractivity contribution in [3.8, 4) is 0 Å². The van der Waals surface area contributed by atoms with Crippen LogP contribution in [-0.2, 0) is 4.79 Å². The normalized spacial score (nSPS) is 46.4. The van der Waals surface area contributed by atoms with Crippen LogP contribution in [0.3, 0.4) is 0 Å². The lowest BCUT2D eigenvalue weighted by molar-refractivity contribution is -0.120. The van der Waals surface area contributed by atoms with Gasteiger partial charge in [0.2, 0.25) is 5.91 Å². The van der Waals surface area contributed by atoms with Gasteiger partial charge in [0.15, 0.2) is 0 Å². The summed E-state index contributed by atoms with van der Waals surface area (Å²) < 4.78 is 0. The molecule has 2 aliphatic rings. The number of hydrogen-bond acceptors (Lipinski definition) is 2. The maximum absolute atomic E-state index is 10.6. The third-order valence-corrected chi connectivity index (χ3v) is 2.31. The van der Waals surface area contributed by atoms with Crippen molar-refractivity contribution < 1.29 is 4.79 Å². The minimum atomic E-state index is -0.181. The summed E-state index contributed by atoms with van der Waals surface area (Å²) in [5.74, 6) is 1.17. The number of nitrogens with one attached hydrogen (secondary N) is 1. The molecule has 1 aliphatic heterocycles. The van der Waals surface area contributed by atoms with Crippen LogP contribution in [0.4, 0.5) is 0 Å². The van der Waals surface area contributed by atoms with Crippen molar-refractivity contribution in [3.63, 3.8) is 0 Å². The predicted molar refractivity (Wildman–Crippen MR) is 32.6 cm³/mol. The Balaban J connectivity index is 2.06. The standard InChI is InChI=1S/C6H10N2O/c7-6(9)5-4-1-3(4)2-8-5/h3-5,8H,1-2H2,(H2,7,9)/t3-,4-,5+/m1/s1. The van der Waals surface area contributed by atoms with Crippen LogP contribution < -0.4 is 11.1 Å². The average Bonchev–Trinajstić information content (AvgIpc) is 2.43. The lowest BCUT2D eigenvalue weighted by Gasteiger charge is -2.06. The summed E-state index contributed by atoms with van der Waals surface area (Å²) in [4.78, 5) is 10.6. The molecule has 1 aliphatic carbocycles. The molecule has 0 unspecified atom stereocenters. The molecule has 50 valence electrons. The molecule has 0 bridgehead atoms. The van der Waals surface area contributed by atoms with Crippen LogP contribution in [0.2, 0.25) is 0 Å². The van der Waals surface area contributed by atoms with Crippen molar-refractivity contribution in [1.82, 2.24) is 5.32 Å². The van der Waals surface area contributed by atoms with E-state index in [0.29, 0.717) is 5.92 Å². The second kappa shape index (κ2) is 1.48. The van der Waals surface area contributed by atoms with Gasteiger partial charge in [0.1, 0.15) is 0 Å². The fourth-order valence-corrected chi connectivity index (χ4v) is 1.66. The minimum absolute atomic E-state index is 0.00463. The Kier molecular flexibility index (Phi) is 0.858. The SMILES string of the molecule is NC(=O)[C@H]1NC[C@H]2C[C@H]21. The van der Waals surface area contributed by atoms with Gasteiger partial charge in [-0.2, -0.15) is 0 Å². The lowest BCUT2D eigenvalue weighted by Crippen LogP contribution is -2.39. The molecule has 9 heavy (non-hydrogen) atoms. The Hall–Kier alpha value is -0.570. The summed E-state index contributed by atoms with van der Waals surface area (Å²) in [5, 5.41) is 3.08. The van der Waals surface area contributed by atoms with Gasteiger partial charge < -0.3 is 11.1 Å². The number of carbonyl (C=O) groups is 1. The summed E-state index contributed by atoms with van der Waals surface area (Å²) in [5.41, 5.74) is 5.11. The number of nitrogens with two attached hydrogens (primary N) is 1. The van der Waals surface area contributed by atoms with Crippen LogP contribution in [0.5, 0.6) is 0 Å². The fraction of sp³-hybridized carbons (Fsp3) is 0.833. The quantitative estimate of drug-likeness (QED) is 0.477. The largest absolute Gasteiger partial charge is 0.368 e. The van der Waals surface area contributed by atoms with Crippen molar-refractivity contribution in [2.75, 3.05) is 6.54 Å². The topological polar surface area (TPSA) is 55.1 Å². The highest BCUT2D eigenvalue weighted by molar-refractivity contribution is 5.81. The van der Waals surface area contributed by atoms with Crippen LogP contribution in [0.15, 0.2) is 0 Å². The molecular weight excluding hydrogens is 116 g/mol. The van der Waals surface area contributed by atoms with Gasteiger partial charge >= 0.3 is 0 Å². The monoisotopic (exact) mass is 126 g/mol. The van der Waals surface area contributed by atoms with Gasteiger partial charge in [-0.3, -0.25) is 4.79 Å². The van der Waals surface area contributed by atoms with Crippen LogP contribution in [0.1, 0.15) is 6.42 Å². The number of primary amides is 1. The zero-order valence-electron chi connectivity index (χ0n) is 5.13. The van der Waals surface area contributed by atoms with E-state index in [1.165, 1.54) is 6.42 Å². The maximum Gasteiger partial charge on any atom is 0.234 e. The highest BCUT2D eigenvalue weighted by Gasteiger charge is 2.50. The molecule has 0 aromatic rings. The Morgan fingerprint density at radius 2 is 2.44 bits per heavy atom. The van der Waals surface area contributed by atoms with Gasteiger partial charge in [0, 0.05) is 0 Å². The van der Waals surface area contributed by atoms with Crippen LogP contribution in [-0.4, -0.2) is 18.5 Å². The fourth-order valence-electron chi connectivity index (χ4n) is 1.66. The summed E-state index contributed by atoms with van der Waals surface area (Å²) in [6.07, 6.45) is 1.21. The van der Waals surface area contributed by atoms with Crippen LogP contribution >= 0.6 is 0 Å². The first kappa shape index (κ1) is 5.23. The van der Waals surface area contributed by atoms with Crippen molar-refractivity contribution in [2.24, 2.45) is 17.6 Å². The van der Waals surface area contributed by atoms with E-state index in [1.54, 1.807) is 0 Å². The number of amides is 1. The Morgan fingerprint density at radius 3 is 2.67 bits per heavy atom. The molecule has 3 N–H and O–H groups in total. The summed E-state index contributed by atoms with van der Waals surface area (Å²) >= 11 is 0. The van der Waals surface area contributed by atoms with Crippen LogP contribution in [0.25, 0.3) is 0 Å². The number of carbonyl (C=O) groups excluding carboxylic acids is 1. The second-order valence-electron chi connectivity index (χ2n) is 2.95. The number of fused-ring (bicyclic) bond motifs is 1. The average molecular weight is 126 g/mol. The first-order chi connectivity index (χ1) is 4.29. The predicted octanol–water partition coefficient (Wildman–Crippen LogP) is -0.920. The third kappa shape index (κ3) is 0.645. The molecule has 1 heterocycles. The minimum Gasteiger partial charge on any atom is -0.368 e. The second-order valence-corrected chi connectivity index (χ2v) is 2.95. The van der Waals surface area contributed by atoms with Gasteiger partial charge in [-0.25, -0.2) is 0 Å². The van der Waals surface area contributed by atoms with Gasteiger partial charge in [-0.05, 0) is 24.8 Å². The third-order valence-electron chi connectivity index (χ3n) is 2.31. The van der Waals surface area contributed by atoms with Crippen LogP contribution in [0, 0.1) is 11.8 Å². The van der Waals surface area contributed by atoms with Crippen molar-refractivity contribution in [3.05, 3.63) is 0 Å². The van der Waals surface area contributed by atoms with E-state index >= 15 is 0 Å². The van der Waals surface area contributed by atoms with E-state index in [0.717, 1.165) is 12.5 Å². The smallest absolute Gasteiger partial charge is 0.234 e. The molecule has 2 rings (SSSR count). The number of rotatable bonds is 1. The maximum atomic E-state index is 10.6. The van der Waals surface area contributed by atoms with Crippen molar-refractivity contribution in [2.45, 2.75) is 12.5 Å². The Bertz CT molecular complexity index is 157. The molecule has 1 amide bonds. The lowest BCUT2D eigenvalue weighted by atomic mass is 10.2. The van der Waals surface area contributed by atoms with E-state index in [1.807, 2.05) is 0 Å².